The number of aryl methyl sites for hydroxylation is 2. The number of aliphatic hydroxyl groups is 1. The van der Waals surface area contributed by atoms with Gasteiger partial charge in [0, 0.05) is 13.1 Å². The third-order valence-electron chi connectivity index (χ3n) is 4.06. The van der Waals surface area contributed by atoms with Crippen LogP contribution in [0.4, 0.5) is 0 Å². The standard InChI is InChI=1S/C17H28N2O2/c1-13-4-5-17(14(2)8-13)21-12-16(20)10-18-9-15-6-7-19(3)11-15/h4-5,8,15-16,18,20H,6-7,9-12H2,1-3H3. The summed E-state index contributed by atoms with van der Waals surface area (Å²) in [7, 11) is 2.16. The average molecular weight is 292 g/mol. The Bertz CT molecular complexity index is 450. The summed E-state index contributed by atoms with van der Waals surface area (Å²) in [5.41, 5.74) is 2.34. The molecule has 2 rings (SSSR count). The zero-order valence-electron chi connectivity index (χ0n) is 13.4. The minimum atomic E-state index is -0.468. The van der Waals surface area contributed by atoms with E-state index >= 15 is 0 Å². The van der Waals surface area contributed by atoms with E-state index in [0.717, 1.165) is 24.4 Å². The molecule has 2 unspecified atom stereocenters. The van der Waals surface area contributed by atoms with Gasteiger partial charge in [-0.25, -0.2) is 0 Å². The van der Waals surface area contributed by atoms with Crippen LogP contribution in [0.2, 0.25) is 0 Å². The lowest BCUT2D eigenvalue weighted by Crippen LogP contribution is -2.34. The van der Waals surface area contributed by atoms with Crippen LogP contribution in [0.3, 0.4) is 0 Å². The molecule has 0 spiro atoms. The summed E-state index contributed by atoms with van der Waals surface area (Å²) >= 11 is 0. The van der Waals surface area contributed by atoms with Gasteiger partial charge < -0.3 is 20.1 Å². The number of aliphatic hydroxyl groups excluding tert-OH is 1. The smallest absolute Gasteiger partial charge is 0.122 e. The number of ether oxygens (including phenoxy) is 1. The van der Waals surface area contributed by atoms with Crippen LogP contribution >= 0.6 is 0 Å². The average Bonchev–Trinajstić information content (AvgIpc) is 2.83. The summed E-state index contributed by atoms with van der Waals surface area (Å²) in [5.74, 6) is 1.57. The quantitative estimate of drug-likeness (QED) is 0.801. The fraction of sp³-hybridized carbons (Fsp3) is 0.647. The number of likely N-dealkylation sites (tertiary alicyclic amines) is 1. The maximum Gasteiger partial charge on any atom is 0.122 e. The molecular formula is C17H28N2O2. The van der Waals surface area contributed by atoms with Gasteiger partial charge >= 0.3 is 0 Å². The second-order valence-corrected chi connectivity index (χ2v) is 6.31. The van der Waals surface area contributed by atoms with Gasteiger partial charge in [0.15, 0.2) is 0 Å². The Labute approximate surface area is 128 Å². The molecule has 2 N–H and O–H groups in total. The summed E-state index contributed by atoms with van der Waals surface area (Å²) < 4.78 is 5.69. The van der Waals surface area contributed by atoms with Gasteiger partial charge in [-0.15, -0.1) is 0 Å². The van der Waals surface area contributed by atoms with E-state index in [1.54, 1.807) is 0 Å². The number of nitrogens with one attached hydrogen (secondary N) is 1. The third-order valence-corrected chi connectivity index (χ3v) is 4.06. The minimum absolute atomic E-state index is 0.335. The van der Waals surface area contributed by atoms with Crippen molar-refractivity contribution in [2.45, 2.75) is 26.4 Å². The van der Waals surface area contributed by atoms with E-state index in [1.165, 1.54) is 18.5 Å². The van der Waals surface area contributed by atoms with E-state index in [1.807, 2.05) is 19.1 Å². The number of rotatable bonds is 7. The lowest BCUT2D eigenvalue weighted by atomic mass is 10.1. The second kappa shape index (κ2) is 7.78. The zero-order valence-corrected chi connectivity index (χ0v) is 13.4. The molecule has 1 aliphatic rings. The molecule has 0 amide bonds. The van der Waals surface area contributed by atoms with Crippen molar-refractivity contribution in [2.24, 2.45) is 5.92 Å². The number of hydrogen-bond acceptors (Lipinski definition) is 4. The SMILES string of the molecule is Cc1ccc(OCC(O)CNCC2CCN(C)C2)c(C)c1. The van der Waals surface area contributed by atoms with Crippen molar-refractivity contribution < 1.29 is 9.84 Å². The van der Waals surface area contributed by atoms with Crippen LogP contribution in [0.1, 0.15) is 17.5 Å². The molecule has 0 saturated carbocycles. The number of hydrogen-bond donors (Lipinski definition) is 2. The highest BCUT2D eigenvalue weighted by Crippen LogP contribution is 2.18. The predicted octanol–water partition coefficient (Wildman–Crippen LogP) is 1.58. The molecule has 21 heavy (non-hydrogen) atoms. The lowest BCUT2D eigenvalue weighted by molar-refractivity contribution is 0.105. The van der Waals surface area contributed by atoms with Crippen molar-refractivity contribution in [1.82, 2.24) is 10.2 Å². The Morgan fingerprint density at radius 1 is 1.43 bits per heavy atom. The van der Waals surface area contributed by atoms with Crippen LogP contribution in [-0.4, -0.2) is 55.9 Å². The molecule has 118 valence electrons. The Hall–Kier alpha value is -1.10. The van der Waals surface area contributed by atoms with Gasteiger partial charge in [-0.2, -0.15) is 0 Å². The fourth-order valence-electron chi connectivity index (χ4n) is 2.85. The van der Waals surface area contributed by atoms with Crippen molar-refractivity contribution in [1.29, 1.82) is 0 Å². The molecule has 1 aliphatic heterocycles. The molecule has 1 fully saturated rings. The summed E-state index contributed by atoms with van der Waals surface area (Å²) in [6.45, 7) is 8.34. The second-order valence-electron chi connectivity index (χ2n) is 6.31. The monoisotopic (exact) mass is 292 g/mol. The van der Waals surface area contributed by atoms with Crippen LogP contribution in [0, 0.1) is 19.8 Å². The Balaban J connectivity index is 1.64. The predicted molar refractivity (Wildman–Crippen MR) is 85.9 cm³/mol. The van der Waals surface area contributed by atoms with E-state index in [2.05, 4.69) is 30.3 Å². The van der Waals surface area contributed by atoms with Crippen LogP contribution in [0.15, 0.2) is 18.2 Å². The summed E-state index contributed by atoms with van der Waals surface area (Å²) in [5, 5.41) is 13.3. The Kier molecular flexibility index (Phi) is 6.03. The van der Waals surface area contributed by atoms with Crippen molar-refractivity contribution in [2.75, 3.05) is 39.8 Å². The van der Waals surface area contributed by atoms with Crippen LogP contribution in [0.25, 0.3) is 0 Å². The number of nitrogens with zero attached hydrogens (tertiary/aromatic N) is 1. The van der Waals surface area contributed by atoms with Gasteiger partial charge in [0.2, 0.25) is 0 Å². The molecule has 0 aliphatic carbocycles. The number of benzene rings is 1. The molecule has 1 heterocycles. The fourth-order valence-corrected chi connectivity index (χ4v) is 2.85. The van der Waals surface area contributed by atoms with E-state index in [4.69, 9.17) is 4.74 Å². The van der Waals surface area contributed by atoms with Crippen LogP contribution in [0.5, 0.6) is 5.75 Å². The zero-order chi connectivity index (χ0) is 15.2. The van der Waals surface area contributed by atoms with E-state index < -0.39 is 6.10 Å². The van der Waals surface area contributed by atoms with Gasteiger partial charge in [-0.1, -0.05) is 17.7 Å². The van der Waals surface area contributed by atoms with Gasteiger partial charge in [-0.05, 0) is 58.0 Å². The molecular weight excluding hydrogens is 264 g/mol. The first-order chi connectivity index (χ1) is 10.0. The Morgan fingerprint density at radius 3 is 2.90 bits per heavy atom. The van der Waals surface area contributed by atoms with Gasteiger partial charge in [0.25, 0.3) is 0 Å². The molecule has 4 nitrogen and oxygen atoms in total. The van der Waals surface area contributed by atoms with Crippen molar-refractivity contribution in [3.05, 3.63) is 29.3 Å². The van der Waals surface area contributed by atoms with E-state index in [9.17, 15) is 5.11 Å². The maximum absolute atomic E-state index is 9.98. The highest BCUT2D eigenvalue weighted by atomic mass is 16.5. The summed E-state index contributed by atoms with van der Waals surface area (Å²) in [6, 6.07) is 6.10. The molecule has 0 bridgehead atoms. The highest BCUT2D eigenvalue weighted by molar-refractivity contribution is 5.35. The molecule has 1 aromatic carbocycles. The Morgan fingerprint density at radius 2 is 2.24 bits per heavy atom. The minimum Gasteiger partial charge on any atom is -0.491 e. The molecule has 4 heteroatoms. The largest absolute Gasteiger partial charge is 0.491 e. The highest BCUT2D eigenvalue weighted by Gasteiger charge is 2.19. The molecule has 1 aromatic rings. The first kappa shape index (κ1) is 16.3. The van der Waals surface area contributed by atoms with Crippen LogP contribution in [-0.2, 0) is 0 Å². The first-order valence-corrected chi connectivity index (χ1v) is 7.82. The van der Waals surface area contributed by atoms with Crippen molar-refractivity contribution in [3.63, 3.8) is 0 Å². The molecule has 2 atom stereocenters. The molecule has 0 radical (unpaired) electrons. The summed E-state index contributed by atoms with van der Waals surface area (Å²) in [6.07, 6.45) is 0.781. The maximum atomic E-state index is 9.98. The van der Waals surface area contributed by atoms with Gasteiger partial charge in [0.05, 0.1) is 0 Å². The topological polar surface area (TPSA) is 44.7 Å². The van der Waals surface area contributed by atoms with E-state index in [-0.39, 0.29) is 0 Å². The van der Waals surface area contributed by atoms with Crippen molar-refractivity contribution >= 4 is 0 Å². The molecule has 0 aromatic heterocycles. The first-order valence-electron chi connectivity index (χ1n) is 7.82. The van der Waals surface area contributed by atoms with Gasteiger partial charge in [-0.3, -0.25) is 0 Å². The normalized spacial score (nSPS) is 20.7. The van der Waals surface area contributed by atoms with Gasteiger partial charge in [0.1, 0.15) is 18.5 Å². The van der Waals surface area contributed by atoms with Crippen molar-refractivity contribution in [3.8, 4) is 5.75 Å². The van der Waals surface area contributed by atoms with E-state index in [0.29, 0.717) is 19.1 Å². The van der Waals surface area contributed by atoms with Crippen LogP contribution < -0.4 is 10.1 Å². The third kappa shape index (κ3) is 5.30. The lowest BCUT2D eigenvalue weighted by Gasteiger charge is -2.16. The molecule has 1 saturated heterocycles. The summed E-state index contributed by atoms with van der Waals surface area (Å²) in [4.78, 5) is 2.35.